The van der Waals surface area contributed by atoms with Crippen LogP contribution in [0.3, 0.4) is 0 Å². The maximum atomic E-state index is 11.5. The third-order valence-corrected chi connectivity index (χ3v) is 3.34. The molecule has 1 aliphatic rings. The van der Waals surface area contributed by atoms with Crippen LogP contribution in [0, 0.1) is 0 Å². The number of halogens is 1. The lowest BCUT2D eigenvalue weighted by Gasteiger charge is -2.22. The molecule has 1 saturated heterocycles. The largest absolute Gasteiger partial charge is 0.354 e. The van der Waals surface area contributed by atoms with Crippen molar-refractivity contribution < 1.29 is 13.2 Å². The summed E-state index contributed by atoms with van der Waals surface area (Å²) in [6.45, 7) is 1.07. The van der Waals surface area contributed by atoms with E-state index in [2.05, 4.69) is 10.6 Å². The van der Waals surface area contributed by atoms with Crippen LogP contribution in [0.1, 0.15) is 19.3 Å². The minimum atomic E-state index is -2.99. The molecule has 2 N–H and O–H groups in total. The van der Waals surface area contributed by atoms with Crippen molar-refractivity contribution in [2.75, 3.05) is 25.1 Å². The molecule has 96 valence electrons. The van der Waals surface area contributed by atoms with Crippen molar-refractivity contribution in [3.63, 3.8) is 0 Å². The standard InChI is InChI=1S/C9H18N2O3S.ClH/c1-15(13,14)7-6-11-9(12)8-4-2-3-5-10-8;/h8,10H,2-7H2,1H3,(H,11,12);1H/t8-;/m0./s1. The van der Waals surface area contributed by atoms with E-state index in [4.69, 9.17) is 0 Å². The fourth-order valence-corrected chi connectivity index (χ4v) is 2.03. The van der Waals surface area contributed by atoms with Gasteiger partial charge in [-0.3, -0.25) is 4.79 Å². The van der Waals surface area contributed by atoms with Crippen LogP contribution in [-0.2, 0) is 14.6 Å². The SMILES string of the molecule is CS(=O)(=O)CCNC(=O)[C@@H]1CCCCN1.Cl. The molecule has 0 aromatic carbocycles. The number of hydrogen-bond acceptors (Lipinski definition) is 4. The third kappa shape index (κ3) is 6.30. The molecule has 0 bridgehead atoms. The van der Waals surface area contributed by atoms with E-state index < -0.39 is 9.84 Å². The summed E-state index contributed by atoms with van der Waals surface area (Å²) in [5.74, 6) is -0.0794. The molecule has 1 heterocycles. The molecule has 0 aromatic heterocycles. The van der Waals surface area contributed by atoms with Gasteiger partial charge in [0.1, 0.15) is 9.84 Å². The summed E-state index contributed by atoms with van der Waals surface area (Å²) in [6, 6.07) is -0.140. The number of carbonyl (C=O) groups is 1. The zero-order valence-corrected chi connectivity index (χ0v) is 11.0. The van der Waals surface area contributed by atoms with Crippen molar-refractivity contribution in [3.05, 3.63) is 0 Å². The first-order chi connectivity index (χ1) is 6.99. The first-order valence-corrected chi connectivity index (χ1v) is 7.24. The summed E-state index contributed by atoms with van der Waals surface area (Å²) in [5, 5.41) is 5.73. The van der Waals surface area contributed by atoms with E-state index in [9.17, 15) is 13.2 Å². The van der Waals surface area contributed by atoms with Crippen molar-refractivity contribution in [3.8, 4) is 0 Å². The molecule has 1 fully saturated rings. The van der Waals surface area contributed by atoms with Gasteiger partial charge < -0.3 is 10.6 Å². The zero-order valence-electron chi connectivity index (χ0n) is 9.36. The predicted molar refractivity (Wildman–Crippen MR) is 65.6 cm³/mol. The Morgan fingerprint density at radius 1 is 1.44 bits per heavy atom. The van der Waals surface area contributed by atoms with Crippen LogP contribution in [0.15, 0.2) is 0 Å². The Bertz CT molecular complexity index is 313. The minimum Gasteiger partial charge on any atom is -0.354 e. The molecule has 5 nitrogen and oxygen atoms in total. The maximum absolute atomic E-state index is 11.5. The monoisotopic (exact) mass is 270 g/mol. The Morgan fingerprint density at radius 2 is 2.12 bits per heavy atom. The van der Waals surface area contributed by atoms with E-state index >= 15 is 0 Å². The van der Waals surface area contributed by atoms with Crippen LogP contribution in [0.25, 0.3) is 0 Å². The first kappa shape index (κ1) is 15.7. The second-order valence-electron chi connectivity index (χ2n) is 3.92. The molecule has 1 atom stereocenters. The Morgan fingerprint density at radius 3 is 2.62 bits per heavy atom. The highest BCUT2D eigenvalue weighted by molar-refractivity contribution is 7.90. The van der Waals surface area contributed by atoms with Gasteiger partial charge in [-0.15, -0.1) is 12.4 Å². The lowest BCUT2D eigenvalue weighted by Crippen LogP contribution is -2.47. The van der Waals surface area contributed by atoms with Gasteiger partial charge in [0.25, 0.3) is 0 Å². The average Bonchev–Trinajstić information content (AvgIpc) is 2.17. The molecule has 1 aliphatic heterocycles. The topological polar surface area (TPSA) is 75.3 Å². The van der Waals surface area contributed by atoms with E-state index in [0.717, 1.165) is 32.1 Å². The maximum Gasteiger partial charge on any atom is 0.237 e. The molecule has 1 rings (SSSR count). The van der Waals surface area contributed by atoms with E-state index in [1.54, 1.807) is 0 Å². The van der Waals surface area contributed by atoms with Crippen LogP contribution < -0.4 is 10.6 Å². The Hall–Kier alpha value is -0.330. The number of piperidine rings is 1. The van der Waals surface area contributed by atoms with Gasteiger partial charge in [-0.05, 0) is 19.4 Å². The number of rotatable bonds is 4. The number of nitrogens with one attached hydrogen (secondary N) is 2. The molecule has 0 saturated carbocycles. The van der Waals surface area contributed by atoms with Crippen molar-refractivity contribution >= 4 is 28.2 Å². The number of amides is 1. The van der Waals surface area contributed by atoms with E-state index in [1.165, 1.54) is 0 Å². The normalized spacial score (nSPS) is 20.9. The van der Waals surface area contributed by atoms with Gasteiger partial charge in [0.05, 0.1) is 11.8 Å². The summed E-state index contributed by atoms with van der Waals surface area (Å²) >= 11 is 0. The highest BCUT2D eigenvalue weighted by Crippen LogP contribution is 2.06. The van der Waals surface area contributed by atoms with Gasteiger partial charge in [-0.2, -0.15) is 0 Å². The van der Waals surface area contributed by atoms with Crippen molar-refractivity contribution in [1.29, 1.82) is 0 Å². The van der Waals surface area contributed by atoms with Gasteiger partial charge in [-0.25, -0.2) is 8.42 Å². The predicted octanol–water partition coefficient (Wildman–Crippen LogP) is -0.289. The average molecular weight is 271 g/mol. The summed E-state index contributed by atoms with van der Waals surface area (Å²) in [6.07, 6.45) is 4.16. The Labute approximate surface area is 103 Å². The number of sulfone groups is 1. The second kappa shape index (κ2) is 7.09. The van der Waals surface area contributed by atoms with Gasteiger partial charge >= 0.3 is 0 Å². The number of hydrogen-bond donors (Lipinski definition) is 2. The highest BCUT2D eigenvalue weighted by Gasteiger charge is 2.19. The van der Waals surface area contributed by atoms with Gasteiger partial charge in [0.15, 0.2) is 0 Å². The highest BCUT2D eigenvalue weighted by atomic mass is 35.5. The van der Waals surface area contributed by atoms with Gasteiger partial charge in [-0.1, -0.05) is 6.42 Å². The van der Waals surface area contributed by atoms with Crippen LogP contribution in [-0.4, -0.2) is 45.5 Å². The van der Waals surface area contributed by atoms with Gasteiger partial charge in [0.2, 0.25) is 5.91 Å². The van der Waals surface area contributed by atoms with Crippen molar-refractivity contribution in [2.45, 2.75) is 25.3 Å². The summed E-state index contributed by atoms with van der Waals surface area (Å²) in [5.41, 5.74) is 0. The van der Waals surface area contributed by atoms with Crippen LogP contribution in [0.4, 0.5) is 0 Å². The molecular weight excluding hydrogens is 252 g/mol. The third-order valence-electron chi connectivity index (χ3n) is 2.40. The number of carbonyl (C=O) groups excluding carboxylic acids is 1. The molecule has 1 amide bonds. The lowest BCUT2D eigenvalue weighted by molar-refractivity contribution is -0.123. The van der Waals surface area contributed by atoms with Crippen molar-refractivity contribution in [1.82, 2.24) is 10.6 Å². The Balaban J connectivity index is 0.00000225. The van der Waals surface area contributed by atoms with Gasteiger partial charge in [0, 0.05) is 12.8 Å². The second-order valence-corrected chi connectivity index (χ2v) is 6.18. The minimum absolute atomic E-state index is 0. The summed E-state index contributed by atoms with van der Waals surface area (Å²) in [7, 11) is -2.99. The smallest absolute Gasteiger partial charge is 0.237 e. The van der Waals surface area contributed by atoms with E-state index in [0.29, 0.717) is 0 Å². The Kier molecular flexibility index (Phi) is 6.94. The summed E-state index contributed by atoms with van der Waals surface area (Å²) < 4.78 is 21.6. The first-order valence-electron chi connectivity index (χ1n) is 5.18. The molecule has 0 aliphatic carbocycles. The molecule has 7 heteroatoms. The molecule has 0 spiro atoms. The fraction of sp³-hybridized carbons (Fsp3) is 0.889. The van der Waals surface area contributed by atoms with Crippen LogP contribution in [0.2, 0.25) is 0 Å². The quantitative estimate of drug-likeness (QED) is 0.736. The molecular formula is C9H19ClN2O3S. The summed E-state index contributed by atoms with van der Waals surface area (Å²) in [4.78, 5) is 11.5. The van der Waals surface area contributed by atoms with Crippen LogP contribution >= 0.6 is 12.4 Å². The van der Waals surface area contributed by atoms with E-state index in [-0.39, 0.29) is 36.7 Å². The van der Waals surface area contributed by atoms with Crippen molar-refractivity contribution in [2.24, 2.45) is 0 Å². The van der Waals surface area contributed by atoms with E-state index in [1.807, 2.05) is 0 Å². The molecule has 16 heavy (non-hydrogen) atoms. The lowest BCUT2D eigenvalue weighted by atomic mass is 10.0. The zero-order chi connectivity index (χ0) is 11.3. The molecule has 0 radical (unpaired) electrons. The molecule has 0 aromatic rings. The van der Waals surface area contributed by atoms with Crippen LogP contribution in [0.5, 0.6) is 0 Å². The fourth-order valence-electron chi connectivity index (χ4n) is 1.56. The molecule has 0 unspecified atom stereocenters.